The molecule has 0 amide bonds. The Labute approximate surface area is 251 Å². The van der Waals surface area contributed by atoms with Crippen LogP contribution in [0.25, 0.3) is 77.3 Å². The molecule has 0 aliphatic carbocycles. The molecule has 5 nitrogen and oxygen atoms in total. The highest BCUT2D eigenvalue weighted by Crippen LogP contribution is 2.45. The highest BCUT2D eigenvalue weighted by atomic mass is 16.3. The van der Waals surface area contributed by atoms with Crippen LogP contribution in [-0.2, 0) is 0 Å². The fraction of sp³-hybridized carbons (Fsp3) is 0. The molecule has 0 radical (unpaired) electrons. The van der Waals surface area contributed by atoms with Gasteiger partial charge in [-0.25, -0.2) is 0 Å². The van der Waals surface area contributed by atoms with E-state index in [0.717, 1.165) is 43.8 Å². The van der Waals surface area contributed by atoms with Gasteiger partial charge in [-0.15, -0.1) is 0 Å². The molecule has 8 aromatic rings. The van der Waals surface area contributed by atoms with Crippen molar-refractivity contribution in [2.24, 2.45) is 0 Å². The lowest BCUT2D eigenvalue weighted by molar-refractivity contribution is 0.668. The summed E-state index contributed by atoms with van der Waals surface area (Å²) in [4.78, 5) is 0. The van der Waals surface area contributed by atoms with Gasteiger partial charge in [0.1, 0.15) is 28.4 Å². The molecule has 0 N–H and O–H groups in total. The minimum Gasteiger partial charge on any atom is -0.456 e. The Kier molecular flexibility index (Phi) is 5.56. The van der Waals surface area contributed by atoms with Gasteiger partial charge in [-0.05, 0) is 65.2 Å². The molecule has 0 fully saturated rings. The van der Waals surface area contributed by atoms with Crippen LogP contribution in [0.3, 0.4) is 0 Å². The summed E-state index contributed by atoms with van der Waals surface area (Å²) in [6.45, 7) is 0. The molecule has 6 aromatic carbocycles. The Balaban J connectivity index is 1.56. The van der Waals surface area contributed by atoms with Gasteiger partial charge in [-0.1, -0.05) is 66.7 Å². The summed E-state index contributed by atoms with van der Waals surface area (Å²) in [6.07, 6.45) is 0. The molecule has 0 bridgehead atoms. The molecule has 0 atom stereocenters. The summed E-state index contributed by atoms with van der Waals surface area (Å²) < 4.78 is 12.4. The van der Waals surface area contributed by atoms with Gasteiger partial charge < -0.3 is 8.83 Å². The lowest BCUT2D eigenvalue weighted by Crippen LogP contribution is -1.96. The van der Waals surface area contributed by atoms with Crippen molar-refractivity contribution < 1.29 is 8.83 Å². The van der Waals surface area contributed by atoms with E-state index < -0.39 is 0 Å². The molecule has 0 aliphatic heterocycles. The van der Waals surface area contributed by atoms with Crippen LogP contribution < -0.4 is 0 Å². The maximum absolute atomic E-state index is 10.9. The molecule has 5 heteroatoms. The van der Waals surface area contributed by atoms with E-state index in [4.69, 9.17) is 8.83 Å². The van der Waals surface area contributed by atoms with Gasteiger partial charge in [0.25, 0.3) is 0 Å². The largest absolute Gasteiger partial charge is 0.456 e. The van der Waals surface area contributed by atoms with E-state index in [2.05, 4.69) is 18.2 Å². The molecule has 0 unspecified atom stereocenters. The second-order valence-electron chi connectivity index (χ2n) is 10.6. The first-order valence-electron chi connectivity index (χ1n) is 14.0. The predicted molar refractivity (Wildman–Crippen MR) is 171 cm³/mol. The van der Waals surface area contributed by atoms with Crippen LogP contribution in [0.1, 0.15) is 16.7 Å². The van der Waals surface area contributed by atoms with Crippen molar-refractivity contribution in [3.8, 4) is 51.6 Å². The number of rotatable bonds is 3. The third kappa shape index (κ3) is 3.63. The summed E-state index contributed by atoms with van der Waals surface area (Å²) >= 11 is 0. The SMILES string of the molecule is N#Cc1cccc(C#N)c1-c1cc(-c2cccc3oc4ccccc4c23)c(C#N)c(-c2cccc3oc4ccccc4c23)c1. The number of hydrogen-bond acceptors (Lipinski definition) is 5. The smallest absolute Gasteiger partial charge is 0.136 e. The van der Waals surface area contributed by atoms with Gasteiger partial charge in [0, 0.05) is 38.2 Å². The molecule has 2 heterocycles. The van der Waals surface area contributed by atoms with E-state index in [9.17, 15) is 15.8 Å². The van der Waals surface area contributed by atoms with Crippen LogP contribution in [0.4, 0.5) is 0 Å². The zero-order chi connectivity index (χ0) is 29.8. The molecular formula is C39H19N3O2. The molecule has 0 aliphatic rings. The predicted octanol–water partition coefficient (Wildman–Crippen LogP) is 10.1. The lowest BCUT2D eigenvalue weighted by atomic mass is 9.84. The van der Waals surface area contributed by atoms with Crippen LogP contribution >= 0.6 is 0 Å². The highest BCUT2D eigenvalue weighted by Gasteiger charge is 2.23. The zero-order valence-corrected chi connectivity index (χ0v) is 23.1. The quantitative estimate of drug-likeness (QED) is 0.214. The molecule has 8 rings (SSSR count). The van der Waals surface area contributed by atoms with Crippen LogP contribution in [0.15, 0.2) is 124 Å². The van der Waals surface area contributed by atoms with Gasteiger partial charge in [-0.3, -0.25) is 0 Å². The van der Waals surface area contributed by atoms with Gasteiger partial charge in [0.05, 0.1) is 28.8 Å². The molecule has 2 aromatic heterocycles. The van der Waals surface area contributed by atoms with Crippen LogP contribution in [0.2, 0.25) is 0 Å². The van der Waals surface area contributed by atoms with Crippen molar-refractivity contribution in [2.75, 3.05) is 0 Å². The number of benzene rings is 6. The van der Waals surface area contributed by atoms with E-state index in [1.54, 1.807) is 18.2 Å². The number of fused-ring (bicyclic) bond motifs is 6. The average Bonchev–Trinajstić information content (AvgIpc) is 3.66. The van der Waals surface area contributed by atoms with Crippen molar-refractivity contribution in [3.63, 3.8) is 0 Å². The van der Waals surface area contributed by atoms with Crippen molar-refractivity contribution in [1.82, 2.24) is 0 Å². The van der Waals surface area contributed by atoms with E-state index in [1.165, 1.54) is 0 Å². The summed E-state index contributed by atoms with van der Waals surface area (Å²) in [5, 5.41) is 34.7. The monoisotopic (exact) mass is 561 g/mol. The summed E-state index contributed by atoms with van der Waals surface area (Å²) in [5.74, 6) is 0. The first kappa shape index (κ1) is 25.1. The first-order valence-corrected chi connectivity index (χ1v) is 14.0. The first-order chi connectivity index (χ1) is 21.7. The van der Waals surface area contributed by atoms with Crippen LogP contribution in [0.5, 0.6) is 0 Å². The Bertz CT molecular complexity index is 2430. The van der Waals surface area contributed by atoms with Crippen molar-refractivity contribution >= 4 is 43.9 Å². The highest BCUT2D eigenvalue weighted by molar-refractivity contribution is 6.16. The summed E-state index contributed by atoms with van der Waals surface area (Å²) in [7, 11) is 0. The second kappa shape index (κ2) is 9.74. The lowest BCUT2D eigenvalue weighted by Gasteiger charge is -2.17. The molecule has 202 valence electrons. The maximum Gasteiger partial charge on any atom is 0.136 e. The molecule has 0 saturated heterocycles. The third-order valence-corrected chi connectivity index (χ3v) is 8.23. The zero-order valence-electron chi connectivity index (χ0n) is 23.1. The van der Waals surface area contributed by atoms with Gasteiger partial charge in [0.15, 0.2) is 0 Å². The van der Waals surface area contributed by atoms with E-state index in [-0.39, 0.29) is 0 Å². The van der Waals surface area contributed by atoms with E-state index in [0.29, 0.717) is 50.1 Å². The van der Waals surface area contributed by atoms with Gasteiger partial charge >= 0.3 is 0 Å². The van der Waals surface area contributed by atoms with Crippen molar-refractivity contribution in [3.05, 3.63) is 132 Å². The molecule has 0 spiro atoms. The Hall–Kier alpha value is -6.61. The number of nitriles is 3. The summed E-state index contributed by atoms with van der Waals surface area (Å²) in [5.41, 5.74) is 8.34. The fourth-order valence-electron chi connectivity index (χ4n) is 6.38. The number of furan rings is 2. The minimum absolute atomic E-state index is 0.379. The number of nitrogens with zero attached hydrogens (tertiary/aromatic N) is 3. The average molecular weight is 562 g/mol. The van der Waals surface area contributed by atoms with E-state index >= 15 is 0 Å². The Morgan fingerprint density at radius 3 is 1.36 bits per heavy atom. The standard InChI is InChI=1S/C39H19N3O2/c40-20-23-8-5-9-24(21-41)37(23)25-18-30(26-12-6-16-35-38(26)28-10-1-3-14-33(28)43-35)32(22-42)31(19-25)27-13-7-17-36-39(27)29-11-2-4-15-34(29)44-36/h1-19H. The molecular weight excluding hydrogens is 542 g/mol. The minimum atomic E-state index is 0.379. The van der Waals surface area contributed by atoms with E-state index in [1.807, 2.05) is 97.1 Å². The van der Waals surface area contributed by atoms with Gasteiger partial charge in [-0.2, -0.15) is 15.8 Å². The molecule has 44 heavy (non-hydrogen) atoms. The van der Waals surface area contributed by atoms with Crippen LogP contribution in [-0.4, -0.2) is 0 Å². The van der Waals surface area contributed by atoms with Gasteiger partial charge in [0.2, 0.25) is 0 Å². The third-order valence-electron chi connectivity index (χ3n) is 8.23. The second-order valence-corrected chi connectivity index (χ2v) is 10.6. The number of hydrogen-bond donors (Lipinski definition) is 0. The fourth-order valence-corrected chi connectivity index (χ4v) is 6.38. The number of para-hydroxylation sites is 2. The molecule has 0 saturated carbocycles. The van der Waals surface area contributed by atoms with Crippen molar-refractivity contribution in [2.45, 2.75) is 0 Å². The Morgan fingerprint density at radius 2 is 0.886 bits per heavy atom. The van der Waals surface area contributed by atoms with Crippen molar-refractivity contribution in [1.29, 1.82) is 15.8 Å². The summed E-state index contributed by atoms with van der Waals surface area (Å²) in [6, 6.07) is 43.4. The topological polar surface area (TPSA) is 97.6 Å². The normalized spacial score (nSPS) is 11.1. The van der Waals surface area contributed by atoms with Crippen LogP contribution in [0, 0.1) is 34.0 Å². The maximum atomic E-state index is 10.9. The Morgan fingerprint density at radius 1 is 0.432 bits per heavy atom.